The number of methoxy groups -OCH3 is 1. The summed E-state index contributed by atoms with van der Waals surface area (Å²) in [5, 5.41) is 25.9. The number of nitrogens with one attached hydrogen (secondary N) is 3. The van der Waals surface area contributed by atoms with Gasteiger partial charge in [0.25, 0.3) is 5.91 Å². The van der Waals surface area contributed by atoms with Crippen molar-refractivity contribution in [3.05, 3.63) is 59.8 Å². The van der Waals surface area contributed by atoms with Gasteiger partial charge < -0.3 is 66.2 Å². The lowest BCUT2D eigenvalue weighted by Gasteiger charge is -2.21. The zero-order valence-corrected chi connectivity index (χ0v) is 39.9. The second kappa shape index (κ2) is 24.6. The number of H-pyrrole nitrogens is 1. The number of hydrogen-bond donors (Lipinski definition) is 7. The van der Waals surface area contributed by atoms with E-state index >= 15 is 0 Å². The van der Waals surface area contributed by atoms with Crippen LogP contribution in [0, 0.1) is 0 Å². The summed E-state index contributed by atoms with van der Waals surface area (Å²) in [6, 6.07) is 9.78. The summed E-state index contributed by atoms with van der Waals surface area (Å²) in [5.74, 6) is -3.16. The topological polar surface area (TPSA) is 285 Å². The van der Waals surface area contributed by atoms with Crippen molar-refractivity contribution in [2.45, 2.75) is 43.7 Å². The average Bonchev–Trinajstić information content (AvgIpc) is 3.88. The van der Waals surface area contributed by atoms with Gasteiger partial charge in [0.15, 0.2) is 17.5 Å². The number of guanidine groups is 1. The molecule has 0 spiro atoms. The standard InChI is InChI=1S/C44H56ClN9O11S2/c1-52(2)13-15-64-36-17-28-29(22-49-30(28)18-35(36)63-4)41(59)54-23-25(21-45)39-27-10-6-5-9-26(27)34(20-33(39)54)65-44(62)53(3)14-16-66-67-24-32(42(60)61)51-40(58)31(19-38(56)57)50-37(55)11-7-8-12-48-43(46)47/h5-6,9-10,17-18,20,22,25,31-32,49H,7-8,11-16,19,21,23-24H2,1-4H3,(H,50,55)(H,51,58)(H,56,57)(H,60,61)(H4,46,47,48). The number of likely N-dealkylation sites (N-methyl/N-ethyl adjacent to an activating group) is 1. The van der Waals surface area contributed by atoms with Gasteiger partial charge in [-0.2, -0.15) is 0 Å². The molecular weight excluding hydrogens is 930 g/mol. The van der Waals surface area contributed by atoms with Gasteiger partial charge in [-0.3, -0.25) is 24.2 Å². The third-order valence-electron chi connectivity index (χ3n) is 10.6. The molecule has 0 bridgehead atoms. The number of anilines is 1. The first kappa shape index (κ1) is 51.9. The molecule has 23 heteroatoms. The monoisotopic (exact) mass is 985 g/mol. The lowest BCUT2D eigenvalue weighted by Crippen LogP contribution is -2.53. The Morgan fingerprint density at radius 1 is 0.955 bits per heavy atom. The van der Waals surface area contributed by atoms with E-state index in [-0.39, 0.29) is 48.1 Å². The molecule has 1 aromatic heterocycles. The molecule has 3 aromatic carbocycles. The number of carbonyl (C=O) groups excluding carboxylic acids is 4. The van der Waals surface area contributed by atoms with Gasteiger partial charge in [-0.05, 0) is 44.0 Å². The molecule has 1 aliphatic rings. The van der Waals surface area contributed by atoms with E-state index in [9.17, 15) is 39.0 Å². The molecule has 67 heavy (non-hydrogen) atoms. The van der Waals surface area contributed by atoms with Gasteiger partial charge in [0.2, 0.25) is 11.8 Å². The number of fused-ring (bicyclic) bond motifs is 4. The van der Waals surface area contributed by atoms with Gasteiger partial charge >= 0.3 is 18.0 Å². The Hall–Kier alpha value is -6.10. The molecule has 1 aliphatic heterocycles. The first-order chi connectivity index (χ1) is 32.0. The van der Waals surface area contributed by atoms with E-state index in [4.69, 9.17) is 37.3 Å². The Morgan fingerprint density at radius 2 is 1.70 bits per heavy atom. The van der Waals surface area contributed by atoms with Crippen LogP contribution in [0.1, 0.15) is 47.5 Å². The second-order valence-corrected chi connectivity index (χ2v) is 18.7. The van der Waals surface area contributed by atoms with Gasteiger partial charge in [0.05, 0.1) is 30.3 Å². The van der Waals surface area contributed by atoms with Crippen molar-refractivity contribution in [2.24, 2.45) is 16.5 Å². The Morgan fingerprint density at radius 3 is 2.37 bits per heavy atom. The number of unbranched alkanes of at least 4 members (excludes halogenated alkanes) is 1. The highest BCUT2D eigenvalue weighted by atomic mass is 35.5. The number of aliphatic imine (C=N–C) groups is 1. The Bertz CT molecular complexity index is 2470. The van der Waals surface area contributed by atoms with Crippen LogP contribution >= 0.6 is 33.2 Å². The summed E-state index contributed by atoms with van der Waals surface area (Å²) in [4.78, 5) is 89.1. The van der Waals surface area contributed by atoms with E-state index in [0.29, 0.717) is 83.9 Å². The number of amides is 4. The van der Waals surface area contributed by atoms with Gasteiger partial charge in [-0.15, -0.1) is 11.6 Å². The van der Waals surface area contributed by atoms with Gasteiger partial charge in [0.1, 0.15) is 24.4 Å². The van der Waals surface area contributed by atoms with Crippen molar-refractivity contribution >= 4 is 102 Å². The van der Waals surface area contributed by atoms with Gasteiger partial charge in [-0.25, -0.2) is 9.59 Å². The zero-order chi connectivity index (χ0) is 48.8. The predicted octanol–water partition coefficient (Wildman–Crippen LogP) is 4.04. The molecule has 4 amide bonds. The quantitative estimate of drug-likeness (QED) is 0.0162. The van der Waals surface area contributed by atoms with E-state index in [1.54, 1.807) is 43.5 Å². The van der Waals surface area contributed by atoms with Crippen molar-refractivity contribution < 1.29 is 53.2 Å². The molecule has 3 unspecified atom stereocenters. The van der Waals surface area contributed by atoms with Crippen molar-refractivity contribution in [1.29, 1.82) is 0 Å². The molecule has 9 N–H and O–H groups in total. The molecule has 3 atom stereocenters. The Labute approximate surface area is 399 Å². The number of hydrogen-bond acceptors (Lipinski definition) is 13. The SMILES string of the molecule is COc1cc2[nH]cc(C(=O)N3CC(CCl)c4c3cc(OC(=O)N(C)CCSSCC(NC(=O)C(CC(=O)O)NC(=O)CCCCN=C(N)N)C(=O)O)c3ccccc43)c2cc1OCCN(C)C. The molecule has 5 rings (SSSR count). The summed E-state index contributed by atoms with van der Waals surface area (Å²) in [7, 11) is 9.35. The molecule has 0 saturated heterocycles. The molecule has 2 heterocycles. The summed E-state index contributed by atoms with van der Waals surface area (Å²) in [5.41, 5.74) is 13.1. The number of aliphatic carboxylic acids is 2. The highest BCUT2D eigenvalue weighted by molar-refractivity contribution is 8.76. The largest absolute Gasteiger partial charge is 0.493 e. The van der Waals surface area contributed by atoms with Crippen LogP contribution in [0.2, 0.25) is 0 Å². The maximum absolute atomic E-state index is 14.5. The minimum atomic E-state index is -1.51. The summed E-state index contributed by atoms with van der Waals surface area (Å²) >= 11 is 6.55. The van der Waals surface area contributed by atoms with Crippen LogP contribution in [0.3, 0.4) is 0 Å². The molecule has 0 fully saturated rings. The van der Waals surface area contributed by atoms with Crippen molar-refractivity contribution in [1.82, 2.24) is 25.4 Å². The van der Waals surface area contributed by atoms with Gasteiger partial charge in [-0.1, -0.05) is 45.9 Å². The predicted molar refractivity (Wildman–Crippen MR) is 260 cm³/mol. The van der Waals surface area contributed by atoms with Crippen molar-refractivity contribution in [2.75, 3.05) is 83.3 Å². The second-order valence-electron chi connectivity index (χ2n) is 15.8. The first-order valence-corrected chi connectivity index (χ1v) is 24.2. The van der Waals surface area contributed by atoms with E-state index in [1.165, 1.54) is 15.7 Å². The molecular formula is C44H56ClN9O11S2. The maximum atomic E-state index is 14.5. The number of nitrogens with zero attached hydrogens (tertiary/aromatic N) is 4. The van der Waals surface area contributed by atoms with Crippen molar-refractivity contribution in [3.63, 3.8) is 0 Å². The fourth-order valence-corrected chi connectivity index (χ4v) is 9.64. The number of rotatable bonds is 25. The number of aromatic amines is 1. The minimum absolute atomic E-state index is 0.0301. The molecule has 362 valence electrons. The third kappa shape index (κ3) is 14.0. The number of carboxylic acid groups (broad SMARTS) is 2. The molecule has 0 aliphatic carbocycles. The molecule has 20 nitrogen and oxygen atoms in total. The normalized spacial score (nSPS) is 14.0. The summed E-state index contributed by atoms with van der Waals surface area (Å²) < 4.78 is 17.6. The number of benzene rings is 3. The van der Waals surface area contributed by atoms with E-state index in [0.717, 1.165) is 21.7 Å². The third-order valence-corrected chi connectivity index (χ3v) is 13.4. The summed E-state index contributed by atoms with van der Waals surface area (Å²) in [6.45, 7) is 1.85. The fraction of sp³-hybridized carbons (Fsp3) is 0.432. The minimum Gasteiger partial charge on any atom is -0.493 e. The Kier molecular flexibility index (Phi) is 19.1. The smallest absolute Gasteiger partial charge is 0.415 e. The number of halogens is 1. The first-order valence-electron chi connectivity index (χ1n) is 21.2. The van der Waals surface area contributed by atoms with Crippen LogP contribution < -0.4 is 41.2 Å². The number of ether oxygens (including phenoxy) is 3. The molecule has 4 aromatic rings. The number of carbonyl (C=O) groups is 6. The average molecular weight is 987 g/mol. The van der Waals surface area contributed by atoms with Crippen LogP contribution in [0.4, 0.5) is 10.5 Å². The van der Waals surface area contributed by atoms with E-state index in [1.807, 2.05) is 43.3 Å². The molecule has 0 saturated carbocycles. The highest BCUT2D eigenvalue weighted by Crippen LogP contribution is 2.46. The number of carboxylic acids is 2. The number of nitrogens with two attached hydrogens (primary N) is 2. The summed E-state index contributed by atoms with van der Waals surface area (Å²) in [6.07, 6.45) is 1.02. The number of aromatic nitrogens is 1. The van der Waals surface area contributed by atoms with E-state index in [2.05, 4.69) is 20.6 Å². The van der Waals surface area contributed by atoms with Crippen LogP contribution in [0.5, 0.6) is 17.2 Å². The van der Waals surface area contributed by atoms with Crippen LogP contribution in [-0.2, 0) is 19.2 Å². The Balaban J connectivity index is 1.22. The van der Waals surface area contributed by atoms with E-state index < -0.39 is 48.4 Å². The highest BCUT2D eigenvalue weighted by Gasteiger charge is 2.36. The van der Waals surface area contributed by atoms with Crippen LogP contribution in [0.15, 0.2) is 53.7 Å². The zero-order valence-electron chi connectivity index (χ0n) is 37.5. The fourth-order valence-electron chi connectivity index (χ4n) is 7.19. The lowest BCUT2D eigenvalue weighted by atomic mass is 9.95. The van der Waals surface area contributed by atoms with Crippen LogP contribution in [0.25, 0.3) is 21.7 Å². The maximum Gasteiger partial charge on any atom is 0.415 e. The van der Waals surface area contributed by atoms with Gasteiger partial charge in [0, 0.05) is 92.1 Å². The van der Waals surface area contributed by atoms with Crippen LogP contribution in [-0.4, -0.2) is 157 Å². The molecule has 0 radical (unpaired) electrons. The van der Waals surface area contributed by atoms with Crippen molar-refractivity contribution in [3.8, 4) is 17.2 Å². The number of alkyl halides is 1. The lowest BCUT2D eigenvalue weighted by molar-refractivity contribution is -0.142.